The van der Waals surface area contributed by atoms with E-state index in [4.69, 9.17) is 0 Å². The lowest BCUT2D eigenvalue weighted by atomic mass is 10.2. The van der Waals surface area contributed by atoms with Gasteiger partial charge in [0.05, 0.1) is 17.1 Å². The van der Waals surface area contributed by atoms with Gasteiger partial charge in [-0.15, -0.1) is 11.3 Å². The van der Waals surface area contributed by atoms with Crippen LogP contribution >= 0.6 is 11.3 Å². The first-order valence-corrected chi connectivity index (χ1v) is 7.89. The normalized spacial score (nSPS) is 12.5. The molecule has 3 aromatic rings. The van der Waals surface area contributed by atoms with E-state index in [1.165, 1.54) is 4.88 Å². The van der Waals surface area contributed by atoms with E-state index in [9.17, 15) is 0 Å². The highest BCUT2D eigenvalue weighted by Gasteiger charge is 2.18. The molecule has 3 heterocycles. The van der Waals surface area contributed by atoms with Crippen molar-refractivity contribution < 1.29 is 0 Å². The number of thiophene rings is 1. The predicted octanol–water partition coefficient (Wildman–Crippen LogP) is 3.85. The van der Waals surface area contributed by atoms with Crippen LogP contribution in [0, 0.1) is 0 Å². The minimum atomic E-state index is 0.161. The van der Waals surface area contributed by atoms with Crippen LogP contribution in [0.25, 0.3) is 10.2 Å². The zero-order valence-electron chi connectivity index (χ0n) is 12.4. The summed E-state index contributed by atoms with van der Waals surface area (Å²) >= 11 is 1.74. The van der Waals surface area contributed by atoms with Crippen molar-refractivity contribution in [2.75, 3.05) is 11.9 Å². The topological polar surface area (TPSA) is 41.9 Å². The van der Waals surface area contributed by atoms with Gasteiger partial charge in [-0.05, 0) is 31.5 Å². The quantitative estimate of drug-likeness (QED) is 0.734. The molecule has 0 aromatic carbocycles. The number of rotatable bonds is 4. The summed E-state index contributed by atoms with van der Waals surface area (Å²) in [7, 11) is 2.06. The van der Waals surface area contributed by atoms with Gasteiger partial charge in [0.15, 0.2) is 0 Å². The molecule has 0 bridgehead atoms. The van der Waals surface area contributed by atoms with Gasteiger partial charge in [-0.1, -0.05) is 13.0 Å². The molecule has 4 nitrogen and oxygen atoms in total. The third kappa shape index (κ3) is 2.61. The lowest BCUT2D eigenvalue weighted by molar-refractivity contribution is 0.707. The Bertz CT molecular complexity index is 738. The van der Waals surface area contributed by atoms with Crippen LogP contribution in [0.3, 0.4) is 0 Å². The zero-order chi connectivity index (χ0) is 14.8. The Kier molecular flexibility index (Phi) is 3.84. The fourth-order valence-corrected chi connectivity index (χ4v) is 3.28. The van der Waals surface area contributed by atoms with Crippen molar-refractivity contribution in [1.29, 1.82) is 0 Å². The lowest BCUT2D eigenvalue weighted by Crippen LogP contribution is -2.23. The summed E-state index contributed by atoms with van der Waals surface area (Å²) in [4.78, 5) is 17.9. The highest BCUT2D eigenvalue weighted by Crippen LogP contribution is 2.32. The first-order valence-electron chi connectivity index (χ1n) is 7.08. The molecule has 0 amide bonds. The Morgan fingerprint density at radius 1 is 1.24 bits per heavy atom. The molecule has 1 atom stereocenters. The summed E-state index contributed by atoms with van der Waals surface area (Å²) in [6, 6.07) is 8.36. The summed E-state index contributed by atoms with van der Waals surface area (Å²) in [5.41, 5.74) is 1.04. The molecule has 1 unspecified atom stereocenters. The fourth-order valence-electron chi connectivity index (χ4n) is 2.35. The van der Waals surface area contributed by atoms with Crippen molar-refractivity contribution in [1.82, 2.24) is 15.0 Å². The third-order valence-electron chi connectivity index (χ3n) is 3.74. The summed E-state index contributed by atoms with van der Waals surface area (Å²) in [6.45, 7) is 4.31. The second-order valence-corrected chi connectivity index (χ2v) is 6.14. The van der Waals surface area contributed by atoms with Crippen LogP contribution in [-0.4, -0.2) is 22.0 Å². The molecule has 3 aromatic heterocycles. The highest BCUT2D eigenvalue weighted by molar-refractivity contribution is 7.18. The number of aromatic nitrogens is 3. The molecule has 0 fully saturated rings. The molecule has 0 N–H and O–H groups in total. The molecule has 21 heavy (non-hydrogen) atoms. The number of nitrogens with zero attached hydrogens (tertiary/aromatic N) is 4. The summed E-state index contributed by atoms with van der Waals surface area (Å²) in [5, 5.41) is 1.13. The maximum absolute atomic E-state index is 4.49. The van der Waals surface area contributed by atoms with Gasteiger partial charge in [0.1, 0.15) is 17.0 Å². The van der Waals surface area contributed by atoms with Crippen LogP contribution < -0.4 is 4.90 Å². The van der Waals surface area contributed by atoms with E-state index in [0.717, 1.165) is 28.1 Å². The van der Waals surface area contributed by atoms with Gasteiger partial charge in [0, 0.05) is 18.1 Å². The number of pyridine rings is 1. The SMILES string of the molecule is CCc1cc2c(N(C)C(C)c3ccccn3)ncnc2s1. The highest BCUT2D eigenvalue weighted by atomic mass is 32.1. The molecular weight excluding hydrogens is 280 g/mol. The van der Waals surface area contributed by atoms with E-state index in [-0.39, 0.29) is 6.04 Å². The number of anilines is 1. The number of hydrogen-bond acceptors (Lipinski definition) is 5. The Hall–Kier alpha value is -2.01. The van der Waals surface area contributed by atoms with Crippen molar-refractivity contribution in [3.63, 3.8) is 0 Å². The number of fused-ring (bicyclic) bond motifs is 1. The smallest absolute Gasteiger partial charge is 0.141 e. The van der Waals surface area contributed by atoms with Crippen molar-refractivity contribution in [2.24, 2.45) is 0 Å². The second kappa shape index (κ2) is 5.77. The van der Waals surface area contributed by atoms with E-state index < -0.39 is 0 Å². The van der Waals surface area contributed by atoms with Crippen LogP contribution in [0.1, 0.15) is 30.5 Å². The molecular formula is C16H18N4S. The standard InChI is InChI=1S/C16H18N4S/c1-4-12-9-13-15(18-10-19-16(13)21-12)20(3)11(2)14-7-5-6-8-17-14/h5-11H,4H2,1-3H3. The molecule has 0 aliphatic rings. The van der Waals surface area contributed by atoms with Crippen molar-refractivity contribution >= 4 is 27.4 Å². The molecule has 0 saturated carbocycles. The predicted molar refractivity (Wildman–Crippen MR) is 87.8 cm³/mol. The first-order chi connectivity index (χ1) is 10.2. The summed E-state index contributed by atoms with van der Waals surface area (Å²) in [5.74, 6) is 0.967. The minimum Gasteiger partial charge on any atom is -0.351 e. The summed E-state index contributed by atoms with van der Waals surface area (Å²) in [6.07, 6.45) is 4.50. The first kappa shape index (κ1) is 13.9. The second-order valence-electron chi connectivity index (χ2n) is 5.02. The van der Waals surface area contributed by atoms with Gasteiger partial charge in [-0.3, -0.25) is 4.98 Å². The Labute approximate surface area is 128 Å². The van der Waals surface area contributed by atoms with Gasteiger partial charge in [0.2, 0.25) is 0 Å². The van der Waals surface area contributed by atoms with Crippen LogP contribution in [0.5, 0.6) is 0 Å². The van der Waals surface area contributed by atoms with Gasteiger partial charge < -0.3 is 4.90 Å². The van der Waals surface area contributed by atoms with Gasteiger partial charge in [-0.2, -0.15) is 0 Å². The Morgan fingerprint density at radius 3 is 2.81 bits per heavy atom. The largest absolute Gasteiger partial charge is 0.351 e. The molecule has 3 rings (SSSR count). The van der Waals surface area contributed by atoms with Crippen molar-refractivity contribution in [2.45, 2.75) is 26.3 Å². The summed E-state index contributed by atoms with van der Waals surface area (Å²) < 4.78 is 0. The molecule has 0 spiro atoms. The number of hydrogen-bond donors (Lipinski definition) is 0. The molecule has 0 aliphatic carbocycles. The van der Waals surface area contributed by atoms with Crippen LogP contribution in [-0.2, 0) is 6.42 Å². The van der Waals surface area contributed by atoms with Gasteiger partial charge in [-0.25, -0.2) is 9.97 Å². The van der Waals surface area contributed by atoms with E-state index in [1.54, 1.807) is 17.7 Å². The number of aryl methyl sites for hydroxylation is 1. The molecule has 108 valence electrons. The minimum absolute atomic E-state index is 0.161. The van der Waals surface area contributed by atoms with Crippen LogP contribution in [0.15, 0.2) is 36.8 Å². The van der Waals surface area contributed by atoms with Gasteiger partial charge in [0.25, 0.3) is 0 Å². The average Bonchev–Trinajstić information content (AvgIpc) is 2.97. The van der Waals surface area contributed by atoms with E-state index in [1.807, 2.05) is 24.4 Å². The average molecular weight is 298 g/mol. The van der Waals surface area contributed by atoms with E-state index in [2.05, 4.69) is 46.8 Å². The van der Waals surface area contributed by atoms with Gasteiger partial charge >= 0.3 is 0 Å². The maximum atomic E-state index is 4.49. The van der Waals surface area contributed by atoms with Crippen molar-refractivity contribution in [3.8, 4) is 0 Å². The Morgan fingerprint density at radius 2 is 2.10 bits per heavy atom. The molecule has 5 heteroatoms. The lowest BCUT2D eigenvalue weighted by Gasteiger charge is -2.25. The van der Waals surface area contributed by atoms with Crippen molar-refractivity contribution in [3.05, 3.63) is 47.4 Å². The van der Waals surface area contributed by atoms with E-state index in [0.29, 0.717) is 0 Å². The molecule has 0 saturated heterocycles. The monoisotopic (exact) mass is 298 g/mol. The molecule has 0 aliphatic heterocycles. The Balaban J connectivity index is 2.01. The fraction of sp³-hybridized carbons (Fsp3) is 0.312. The third-order valence-corrected chi connectivity index (χ3v) is 4.93. The van der Waals surface area contributed by atoms with Crippen LogP contribution in [0.2, 0.25) is 0 Å². The van der Waals surface area contributed by atoms with E-state index >= 15 is 0 Å². The zero-order valence-corrected chi connectivity index (χ0v) is 13.3. The van der Waals surface area contributed by atoms with Crippen LogP contribution in [0.4, 0.5) is 5.82 Å². The maximum Gasteiger partial charge on any atom is 0.141 e. The molecule has 0 radical (unpaired) electrons.